The largest absolute Gasteiger partial charge is 0.311 e. The molecule has 0 atom stereocenters. The van der Waals surface area contributed by atoms with Crippen molar-refractivity contribution in [3.8, 4) is 0 Å². The Morgan fingerprint density at radius 2 is 1.28 bits per heavy atom. The first-order valence-corrected chi connectivity index (χ1v) is 9.44. The minimum Gasteiger partial charge on any atom is -0.311 e. The lowest BCUT2D eigenvalue weighted by Crippen LogP contribution is -2.09. The zero-order chi connectivity index (χ0) is 19.9. The van der Waals surface area contributed by atoms with Crippen LogP contribution in [0.1, 0.15) is 15.9 Å². The fraction of sp³-hybridized carbons (Fsp3) is 0. The monoisotopic (exact) mass is 376 g/mol. The molecule has 29 heavy (non-hydrogen) atoms. The molecule has 0 amide bonds. The van der Waals surface area contributed by atoms with Gasteiger partial charge in [0.05, 0.1) is 0 Å². The molecule has 3 heteroatoms. The molecule has 0 bridgehead atoms. The van der Waals surface area contributed by atoms with Gasteiger partial charge in [0, 0.05) is 35.0 Å². The van der Waals surface area contributed by atoms with Crippen molar-refractivity contribution in [1.29, 1.82) is 0 Å². The number of rotatable bonds is 6. The van der Waals surface area contributed by atoms with Gasteiger partial charge in [-0.2, -0.15) is 0 Å². The number of carbonyl (C=O) groups is 1. The van der Waals surface area contributed by atoms with E-state index < -0.39 is 0 Å². The number of carbonyl (C=O) groups excluding carboxylic acids is 1. The molecule has 0 aliphatic rings. The van der Waals surface area contributed by atoms with Crippen LogP contribution in [-0.2, 0) is 0 Å². The molecule has 4 aromatic rings. The second kappa shape index (κ2) is 8.81. The zero-order valence-corrected chi connectivity index (χ0v) is 15.8. The number of aromatic nitrogens is 1. The molecular weight excluding hydrogens is 356 g/mol. The first kappa shape index (κ1) is 18.4. The van der Waals surface area contributed by atoms with E-state index >= 15 is 0 Å². The molecule has 0 aliphatic carbocycles. The van der Waals surface area contributed by atoms with E-state index in [0.717, 1.165) is 22.6 Å². The molecule has 3 aromatic carbocycles. The van der Waals surface area contributed by atoms with E-state index in [1.54, 1.807) is 30.6 Å². The molecule has 0 N–H and O–H groups in total. The molecule has 1 aromatic heterocycles. The van der Waals surface area contributed by atoms with Crippen LogP contribution in [0, 0.1) is 0 Å². The van der Waals surface area contributed by atoms with Crippen LogP contribution < -0.4 is 4.90 Å². The average Bonchev–Trinajstić information content (AvgIpc) is 2.80. The van der Waals surface area contributed by atoms with Crippen molar-refractivity contribution < 1.29 is 4.79 Å². The van der Waals surface area contributed by atoms with Crippen LogP contribution in [0.15, 0.2) is 116 Å². The fourth-order valence-corrected chi connectivity index (χ4v) is 3.11. The Bertz CT molecular complexity index is 1050. The molecule has 0 radical (unpaired) electrons. The van der Waals surface area contributed by atoms with Crippen molar-refractivity contribution in [3.05, 3.63) is 127 Å². The lowest BCUT2D eigenvalue weighted by atomic mass is 10.1. The number of benzene rings is 3. The summed E-state index contributed by atoms with van der Waals surface area (Å²) in [5.41, 5.74) is 4.78. The van der Waals surface area contributed by atoms with Crippen LogP contribution in [0.5, 0.6) is 0 Å². The van der Waals surface area contributed by atoms with Gasteiger partial charge in [0.1, 0.15) is 0 Å². The van der Waals surface area contributed by atoms with Crippen molar-refractivity contribution in [2.75, 3.05) is 4.90 Å². The number of para-hydroxylation sites is 2. The third-order valence-corrected chi connectivity index (χ3v) is 4.55. The Morgan fingerprint density at radius 1 is 0.690 bits per heavy atom. The normalized spacial score (nSPS) is 10.8. The summed E-state index contributed by atoms with van der Waals surface area (Å²) in [6.45, 7) is 0. The van der Waals surface area contributed by atoms with Gasteiger partial charge < -0.3 is 4.90 Å². The molecule has 4 rings (SSSR count). The average molecular weight is 376 g/mol. The number of anilines is 3. The van der Waals surface area contributed by atoms with Crippen LogP contribution in [0.2, 0.25) is 0 Å². The maximum Gasteiger partial charge on any atom is 0.187 e. The lowest BCUT2D eigenvalue weighted by Gasteiger charge is -2.25. The van der Waals surface area contributed by atoms with E-state index in [0.29, 0.717) is 5.56 Å². The summed E-state index contributed by atoms with van der Waals surface area (Å²) in [5, 5.41) is 0. The smallest absolute Gasteiger partial charge is 0.187 e. The maximum atomic E-state index is 12.2. The summed E-state index contributed by atoms with van der Waals surface area (Å²) in [6.07, 6.45) is 6.64. The SMILES string of the molecule is O=C(/C=C/c1ccc(N(c2ccccc2)c2ccccc2)cc1)c1cccnc1. The highest BCUT2D eigenvalue weighted by atomic mass is 16.1. The predicted octanol–water partition coefficient (Wildman–Crippen LogP) is 6.45. The van der Waals surface area contributed by atoms with Crippen LogP contribution in [-0.4, -0.2) is 10.8 Å². The van der Waals surface area contributed by atoms with Gasteiger partial charge in [-0.1, -0.05) is 54.6 Å². The number of hydrogen-bond acceptors (Lipinski definition) is 3. The second-order valence-electron chi connectivity index (χ2n) is 6.54. The van der Waals surface area contributed by atoms with Crippen molar-refractivity contribution in [3.63, 3.8) is 0 Å². The number of hydrogen-bond donors (Lipinski definition) is 0. The number of pyridine rings is 1. The lowest BCUT2D eigenvalue weighted by molar-refractivity contribution is 0.104. The number of allylic oxidation sites excluding steroid dienone is 1. The Kier molecular flexibility index (Phi) is 5.58. The number of nitrogens with zero attached hydrogens (tertiary/aromatic N) is 2. The van der Waals surface area contributed by atoms with Gasteiger partial charge in [-0.15, -0.1) is 0 Å². The number of ketones is 1. The highest BCUT2D eigenvalue weighted by Gasteiger charge is 2.11. The second-order valence-corrected chi connectivity index (χ2v) is 6.54. The highest BCUT2D eigenvalue weighted by molar-refractivity contribution is 6.06. The first-order chi connectivity index (χ1) is 14.3. The van der Waals surface area contributed by atoms with Crippen molar-refractivity contribution in [2.24, 2.45) is 0 Å². The first-order valence-electron chi connectivity index (χ1n) is 9.44. The van der Waals surface area contributed by atoms with Crippen LogP contribution in [0.25, 0.3) is 6.08 Å². The molecule has 0 saturated carbocycles. The van der Waals surface area contributed by atoms with Gasteiger partial charge in [0.2, 0.25) is 0 Å². The molecule has 3 nitrogen and oxygen atoms in total. The van der Waals surface area contributed by atoms with E-state index in [9.17, 15) is 4.79 Å². The third-order valence-electron chi connectivity index (χ3n) is 4.55. The fourth-order valence-electron chi connectivity index (χ4n) is 3.11. The zero-order valence-electron chi connectivity index (χ0n) is 15.8. The third kappa shape index (κ3) is 4.47. The van der Waals surface area contributed by atoms with Crippen LogP contribution >= 0.6 is 0 Å². The maximum absolute atomic E-state index is 12.2. The predicted molar refractivity (Wildman–Crippen MR) is 119 cm³/mol. The molecule has 0 fully saturated rings. The van der Waals surface area contributed by atoms with Crippen molar-refractivity contribution in [2.45, 2.75) is 0 Å². The minimum absolute atomic E-state index is 0.0580. The molecule has 0 aliphatic heterocycles. The molecular formula is C26H20N2O. The summed E-state index contributed by atoms with van der Waals surface area (Å²) in [4.78, 5) is 18.4. The van der Waals surface area contributed by atoms with Gasteiger partial charge >= 0.3 is 0 Å². The van der Waals surface area contributed by atoms with E-state index in [-0.39, 0.29) is 5.78 Å². The van der Waals surface area contributed by atoms with Gasteiger partial charge in [-0.3, -0.25) is 9.78 Å². The Hall–Kier alpha value is -3.98. The Morgan fingerprint density at radius 3 is 1.83 bits per heavy atom. The van der Waals surface area contributed by atoms with E-state index in [2.05, 4.69) is 46.3 Å². The molecule has 0 unspecified atom stereocenters. The summed E-state index contributed by atoms with van der Waals surface area (Å²) >= 11 is 0. The minimum atomic E-state index is -0.0580. The Labute approximate surface area is 170 Å². The van der Waals surface area contributed by atoms with Crippen molar-refractivity contribution in [1.82, 2.24) is 4.98 Å². The van der Waals surface area contributed by atoms with Crippen LogP contribution in [0.3, 0.4) is 0 Å². The van der Waals surface area contributed by atoms with Gasteiger partial charge in [0.25, 0.3) is 0 Å². The quantitative estimate of drug-likeness (QED) is 0.286. The van der Waals surface area contributed by atoms with Gasteiger partial charge in [-0.05, 0) is 60.2 Å². The van der Waals surface area contributed by atoms with Gasteiger partial charge in [0.15, 0.2) is 5.78 Å². The van der Waals surface area contributed by atoms with Gasteiger partial charge in [-0.25, -0.2) is 0 Å². The van der Waals surface area contributed by atoms with Crippen molar-refractivity contribution >= 4 is 28.9 Å². The molecule has 140 valence electrons. The highest BCUT2D eigenvalue weighted by Crippen LogP contribution is 2.34. The van der Waals surface area contributed by atoms with E-state index in [1.807, 2.05) is 54.6 Å². The standard InChI is InChI=1S/C26H20N2O/c29-26(22-8-7-19-27-20-22)18-15-21-13-16-25(17-14-21)28(23-9-3-1-4-10-23)24-11-5-2-6-12-24/h1-20H/b18-15+. The summed E-state index contributed by atoms with van der Waals surface area (Å²) < 4.78 is 0. The molecule has 1 heterocycles. The summed E-state index contributed by atoms with van der Waals surface area (Å²) in [5.74, 6) is -0.0580. The van der Waals surface area contributed by atoms with E-state index in [1.165, 1.54) is 0 Å². The van der Waals surface area contributed by atoms with E-state index in [4.69, 9.17) is 0 Å². The van der Waals surface area contributed by atoms with Crippen LogP contribution in [0.4, 0.5) is 17.1 Å². The summed E-state index contributed by atoms with van der Waals surface area (Å²) in [6, 6.07) is 32.2. The summed E-state index contributed by atoms with van der Waals surface area (Å²) in [7, 11) is 0. The Balaban J connectivity index is 1.59. The topological polar surface area (TPSA) is 33.2 Å². The molecule has 0 spiro atoms. The molecule has 0 saturated heterocycles.